The van der Waals surface area contributed by atoms with Crippen molar-refractivity contribution in [2.75, 3.05) is 11.4 Å². The molecule has 0 aliphatic heterocycles. The highest BCUT2D eigenvalue weighted by atomic mass is 32.1. The molecule has 2 heterocycles. The van der Waals surface area contributed by atoms with Gasteiger partial charge >= 0.3 is 0 Å². The van der Waals surface area contributed by atoms with Gasteiger partial charge in [0.05, 0.1) is 11.2 Å². The van der Waals surface area contributed by atoms with Gasteiger partial charge in [0, 0.05) is 44.3 Å². The zero-order valence-corrected chi connectivity index (χ0v) is 11.3. The van der Waals surface area contributed by atoms with Gasteiger partial charge in [-0.2, -0.15) is 0 Å². The Morgan fingerprint density at radius 1 is 1.21 bits per heavy atom. The molecule has 0 aromatic carbocycles. The maximum absolute atomic E-state index is 5.57. The number of nitrogens with zero attached hydrogens (tertiary/aromatic N) is 4. The number of pyridine rings is 1. The second kappa shape index (κ2) is 6.75. The third kappa shape index (κ3) is 4.26. The predicted octanol–water partition coefficient (Wildman–Crippen LogP) is 1.55. The van der Waals surface area contributed by atoms with Crippen molar-refractivity contribution in [3.8, 4) is 0 Å². The summed E-state index contributed by atoms with van der Waals surface area (Å²) < 4.78 is 0. The Kier molecular flexibility index (Phi) is 4.74. The Labute approximate surface area is 117 Å². The second-order valence-corrected chi connectivity index (χ2v) is 4.59. The first kappa shape index (κ1) is 13.4. The summed E-state index contributed by atoms with van der Waals surface area (Å²) >= 11 is 4.93. The Balaban J connectivity index is 2.12. The lowest BCUT2D eigenvalue weighted by Crippen LogP contribution is -2.28. The van der Waals surface area contributed by atoms with E-state index in [0.717, 1.165) is 11.4 Å². The number of thiocarbonyl (C=S) groups is 1. The molecule has 0 fully saturated rings. The first-order chi connectivity index (χ1) is 9.25. The van der Waals surface area contributed by atoms with E-state index in [2.05, 4.69) is 19.9 Å². The van der Waals surface area contributed by atoms with Crippen LogP contribution in [0.25, 0.3) is 0 Å². The number of hydrogen-bond acceptors (Lipinski definition) is 5. The van der Waals surface area contributed by atoms with Crippen molar-refractivity contribution in [2.45, 2.75) is 13.0 Å². The molecule has 2 aromatic heterocycles. The van der Waals surface area contributed by atoms with Gasteiger partial charge in [-0.1, -0.05) is 18.3 Å². The highest BCUT2D eigenvalue weighted by Crippen LogP contribution is 2.12. The third-order valence-corrected chi connectivity index (χ3v) is 2.80. The number of anilines is 1. The maximum atomic E-state index is 5.57. The van der Waals surface area contributed by atoms with Crippen molar-refractivity contribution in [3.05, 3.63) is 48.7 Å². The third-order valence-electron chi connectivity index (χ3n) is 2.60. The highest BCUT2D eigenvalue weighted by Gasteiger charge is 2.09. The summed E-state index contributed by atoms with van der Waals surface area (Å²) in [6, 6.07) is 3.94. The number of rotatable bonds is 6. The normalized spacial score (nSPS) is 10.1. The monoisotopic (exact) mass is 273 g/mol. The fourth-order valence-electron chi connectivity index (χ4n) is 1.69. The molecule has 6 heteroatoms. The van der Waals surface area contributed by atoms with Crippen molar-refractivity contribution >= 4 is 23.0 Å². The average molecular weight is 273 g/mol. The minimum absolute atomic E-state index is 0.500. The minimum Gasteiger partial charge on any atom is -0.393 e. The Morgan fingerprint density at radius 3 is 2.68 bits per heavy atom. The Bertz CT molecular complexity index is 517. The van der Waals surface area contributed by atoms with E-state index < -0.39 is 0 Å². The number of aromatic nitrogens is 3. The molecule has 0 bridgehead atoms. The van der Waals surface area contributed by atoms with Crippen molar-refractivity contribution in [1.82, 2.24) is 15.0 Å². The highest BCUT2D eigenvalue weighted by molar-refractivity contribution is 7.80. The van der Waals surface area contributed by atoms with Crippen LogP contribution in [0.2, 0.25) is 0 Å². The largest absolute Gasteiger partial charge is 0.393 e. The minimum atomic E-state index is 0.500. The first-order valence-corrected chi connectivity index (χ1v) is 6.34. The predicted molar refractivity (Wildman–Crippen MR) is 78.7 cm³/mol. The maximum Gasteiger partial charge on any atom is 0.147 e. The van der Waals surface area contributed by atoms with Crippen LogP contribution in [-0.4, -0.2) is 26.5 Å². The van der Waals surface area contributed by atoms with Gasteiger partial charge < -0.3 is 10.6 Å². The van der Waals surface area contributed by atoms with Crippen molar-refractivity contribution < 1.29 is 0 Å². The van der Waals surface area contributed by atoms with Gasteiger partial charge in [-0.15, -0.1) is 0 Å². The topological polar surface area (TPSA) is 67.9 Å². The van der Waals surface area contributed by atoms with Crippen LogP contribution in [0.1, 0.15) is 12.0 Å². The standard InChI is InChI=1S/C13H15N5S/c14-12(19)3-7-18(13-9-16-5-6-17-13)10-11-2-1-4-15-8-11/h1-2,4-6,8-9H,3,7,10H2,(H2,14,19). The molecule has 98 valence electrons. The molecule has 19 heavy (non-hydrogen) atoms. The zero-order chi connectivity index (χ0) is 13.5. The fourth-order valence-corrected chi connectivity index (χ4v) is 1.78. The van der Waals surface area contributed by atoms with Crippen LogP contribution in [0, 0.1) is 0 Å². The van der Waals surface area contributed by atoms with Gasteiger partial charge in [0.25, 0.3) is 0 Å². The quantitative estimate of drug-likeness (QED) is 0.806. The summed E-state index contributed by atoms with van der Waals surface area (Å²) in [6.07, 6.45) is 9.29. The van der Waals surface area contributed by atoms with E-state index in [-0.39, 0.29) is 0 Å². The molecule has 2 N–H and O–H groups in total. The van der Waals surface area contributed by atoms with Gasteiger partial charge in [-0.05, 0) is 11.6 Å². The SMILES string of the molecule is NC(=S)CCN(Cc1cccnc1)c1cnccn1. The summed E-state index contributed by atoms with van der Waals surface area (Å²) in [5.41, 5.74) is 6.68. The molecule has 0 amide bonds. The van der Waals surface area contributed by atoms with Crippen LogP contribution >= 0.6 is 12.2 Å². The van der Waals surface area contributed by atoms with Crippen LogP contribution < -0.4 is 10.6 Å². The van der Waals surface area contributed by atoms with E-state index in [4.69, 9.17) is 18.0 Å². The summed E-state index contributed by atoms with van der Waals surface area (Å²) in [7, 11) is 0. The summed E-state index contributed by atoms with van der Waals surface area (Å²) in [5, 5.41) is 0. The van der Waals surface area contributed by atoms with Gasteiger partial charge in [-0.25, -0.2) is 4.98 Å². The molecule has 0 saturated heterocycles. The van der Waals surface area contributed by atoms with Crippen molar-refractivity contribution in [3.63, 3.8) is 0 Å². The summed E-state index contributed by atoms with van der Waals surface area (Å²) in [5.74, 6) is 0.808. The molecule has 0 aliphatic carbocycles. The van der Waals surface area contributed by atoms with Gasteiger partial charge in [0.2, 0.25) is 0 Å². The van der Waals surface area contributed by atoms with E-state index in [1.54, 1.807) is 24.8 Å². The van der Waals surface area contributed by atoms with Crippen LogP contribution in [0.15, 0.2) is 43.1 Å². The summed E-state index contributed by atoms with van der Waals surface area (Å²) in [6.45, 7) is 1.41. The van der Waals surface area contributed by atoms with Crippen molar-refractivity contribution in [2.24, 2.45) is 5.73 Å². The molecule has 0 unspecified atom stereocenters. The van der Waals surface area contributed by atoms with Crippen molar-refractivity contribution in [1.29, 1.82) is 0 Å². The molecular formula is C13H15N5S. The molecular weight excluding hydrogens is 258 g/mol. The number of nitrogens with two attached hydrogens (primary N) is 1. The second-order valence-electron chi connectivity index (χ2n) is 4.06. The lowest BCUT2D eigenvalue weighted by atomic mass is 10.2. The van der Waals surface area contributed by atoms with E-state index >= 15 is 0 Å². The van der Waals surface area contributed by atoms with E-state index in [1.165, 1.54) is 0 Å². The first-order valence-electron chi connectivity index (χ1n) is 5.94. The lowest BCUT2D eigenvalue weighted by molar-refractivity contribution is 0.784. The molecule has 2 aromatic rings. The van der Waals surface area contributed by atoms with Crippen LogP contribution in [-0.2, 0) is 6.54 Å². The smallest absolute Gasteiger partial charge is 0.147 e. The molecule has 0 spiro atoms. The van der Waals surface area contributed by atoms with E-state index in [1.807, 2.05) is 18.3 Å². The molecule has 0 radical (unpaired) electrons. The molecule has 0 aliphatic rings. The average Bonchev–Trinajstić information content (AvgIpc) is 2.45. The van der Waals surface area contributed by atoms with E-state index in [0.29, 0.717) is 24.5 Å². The zero-order valence-electron chi connectivity index (χ0n) is 10.4. The summed E-state index contributed by atoms with van der Waals surface area (Å²) in [4.78, 5) is 15.1. The van der Waals surface area contributed by atoms with Gasteiger partial charge in [0.15, 0.2) is 0 Å². The van der Waals surface area contributed by atoms with Crippen LogP contribution in [0.5, 0.6) is 0 Å². The van der Waals surface area contributed by atoms with Crippen LogP contribution in [0.4, 0.5) is 5.82 Å². The molecule has 0 saturated carbocycles. The Morgan fingerprint density at radius 2 is 2.05 bits per heavy atom. The molecule has 5 nitrogen and oxygen atoms in total. The fraction of sp³-hybridized carbons (Fsp3) is 0.231. The number of hydrogen-bond donors (Lipinski definition) is 1. The van der Waals surface area contributed by atoms with Gasteiger partial charge in [0.1, 0.15) is 5.82 Å². The van der Waals surface area contributed by atoms with Gasteiger partial charge in [-0.3, -0.25) is 9.97 Å². The van der Waals surface area contributed by atoms with Crippen LogP contribution in [0.3, 0.4) is 0 Å². The lowest BCUT2D eigenvalue weighted by Gasteiger charge is -2.23. The molecule has 0 atom stereocenters. The Hall–Kier alpha value is -2.08. The van der Waals surface area contributed by atoms with E-state index in [9.17, 15) is 0 Å². The molecule has 2 rings (SSSR count).